The van der Waals surface area contributed by atoms with Gasteiger partial charge in [-0.05, 0) is 21.3 Å². The molecule has 0 aliphatic carbocycles. The number of thiophene rings is 1. The van der Waals surface area contributed by atoms with Gasteiger partial charge in [-0.15, -0.1) is 11.3 Å². The van der Waals surface area contributed by atoms with Crippen molar-refractivity contribution in [1.29, 1.82) is 0 Å². The zero-order valence-corrected chi connectivity index (χ0v) is 6.83. The Bertz CT molecular complexity index is 233. The summed E-state index contributed by atoms with van der Waals surface area (Å²) in [6.07, 6.45) is 0.783. The third-order valence-electron chi connectivity index (χ3n) is 0.890. The van der Waals surface area contributed by atoms with Crippen molar-refractivity contribution in [2.45, 2.75) is 0 Å². The molecule has 0 aromatic carbocycles. The topological polar surface area (TPSA) is 17.1 Å². The van der Waals surface area contributed by atoms with Crippen LogP contribution in [-0.2, 0) is 0 Å². The van der Waals surface area contributed by atoms with Crippen LogP contribution < -0.4 is 5.46 Å². The second-order valence-electron chi connectivity index (χ2n) is 1.49. The summed E-state index contributed by atoms with van der Waals surface area (Å²) < 4.78 is 0.711. The lowest BCUT2D eigenvalue weighted by atomic mass is 10.0. The molecule has 2 radical (unpaired) electrons. The molecule has 0 saturated carbocycles. The van der Waals surface area contributed by atoms with Gasteiger partial charge in [0.25, 0.3) is 0 Å². The van der Waals surface area contributed by atoms with E-state index >= 15 is 0 Å². The van der Waals surface area contributed by atoms with Crippen LogP contribution in [0.4, 0.5) is 0 Å². The minimum Gasteiger partial charge on any atom is -0.297 e. The smallest absolute Gasteiger partial charge is 0.161 e. The highest BCUT2D eigenvalue weighted by molar-refractivity contribution is 9.10. The minimum atomic E-state index is 0.627. The third kappa shape index (κ3) is 1.24. The molecule has 1 aromatic rings. The first-order chi connectivity index (χ1) is 4.25. The van der Waals surface area contributed by atoms with Crippen LogP contribution in [0.3, 0.4) is 0 Å². The Labute approximate surface area is 66.6 Å². The lowest BCUT2D eigenvalue weighted by molar-refractivity contribution is 0.112. The molecule has 0 aliphatic heterocycles. The highest BCUT2D eigenvalue weighted by Crippen LogP contribution is 2.16. The SMILES string of the molecule is [B]c1csc(C=O)c1Br. The van der Waals surface area contributed by atoms with Crippen molar-refractivity contribution < 1.29 is 4.79 Å². The normalized spacial score (nSPS) is 9.44. The second-order valence-corrected chi connectivity index (χ2v) is 3.19. The molecule has 1 aromatic heterocycles. The molecule has 0 aliphatic rings. The molecular formula is C5H2BBrOS. The summed E-state index contributed by atoms with van der Waals surface area (Å²) in [5.41, 5.74) is 0.627. The summed E-state index contributed by atoms with van der Waals surface area (Å²) in [6.45, 7) is 0. The maximum atomic E-state index is 10.2. The zero-order chi connectivity index (χ0) is 6.85. The predicted molar refractivity (Wildman–Crippen MR) is 42.8 cm³/mol. The quantitative estimate of drug-likeness (QED) is 0.491. The van der Waals surface area contributed by atoms with Gasteiger partial charge < -0.3 is 0 Å². The number of carbonyl (C=O) groups excluding carboxylic acids is 1. The first-order valence-corrected chi connectivity index (χ1v) is 3.90. The van der Waals surface area contributed by atoms with Crippen molar-refractivity contribution >= 4 is 46.9 Å². The van der Waals surface area contributed by atoms with E-state index in [1.807, 2.05) is 0 Å². The van der Waals surface area contributed by atoms with E-state index < -0.39 is 0 Å². The van der Waals surface area contributed by atoms with Gasteiger partial charge in [0.15, 0.2) is 6.29 Å². The van der Waals surface area contributed by atoms with Gasteiger partial charge in [0.05, 0.1) is 4.88 Å². The summed E-state index contributed by atoms with van der Waals surface area (Å²) in [7, 11) is 5.42. The summed E-state index contributed by atoms with van der Waals surface area (Å²) >= 11 is 4.50. The van der Waals surface area contributed by atoms with Gasteiger partial charge in [-0.3, -0.25) is 4.79 Å². The molecule has 4 heteroatoms. The monoisotopic (exact) mass is 200 g/mol. The summed E-state index contributed by atoms with van der Waals surface area (Å²) in [5.74, 6) is 0. The second kappa shape index (κ2) is 2.67. The molecule has 0 atom stereocenters. The average Bonchev–Trinajstić information content (AvgIpc) is 2.15. The molecule has 1 heterocycles. The van der Waals surface area contributed by atoms with E-state index in [2.05, 4.69) is 15.9 Å². The fourth-order valence-corrected chi connectivity index (χ4v) is 1.74. The number of hydrogen-bond acceptors (Lipinski definition) is 2. The molecule has 1 nitrogen and oxygen atoms in total. The van der Waals surface area contributed by atoms with Crippen LogP contribution in [0.1, 0.15) is 9.67 Å². The Morgan fingerprint density at radius 1 is 1.78 bits per heavy atom. The van der Waals surface area contributed by atoms with Gasteiger partial charge >= 0.3 is 0 Å². The Kier molecular flexibility index (Phi) is 2.08. The van der Waals surface area contributed by atoms with Crippen LogP contribution in [0.5, 0.6) is 0 Å². The van der Waals surface area contributed by atoms with E-state index in [-0.39, 0.29) is 0 Å². The van der Waals surface area contributed by atoms with E-state index in [1.165, 1.54) is 11.3 Å². The van der Waals surface area contributed by atoms with E-state index in [1.54, 1.807) is 5.38 Å². The van der Waals surface area contributed by atoms with Crippen LogP contribution in [0.2, 0.25) is 0 Å². The first kappa shape index (κ1) is 7.03. The molecule has 0 bridgehead atoms. The van der Waals surface area contributed by atoms with Gasteiger partial charge in [-0.2, -0.15) is 0 Å². The number of rotatable bonds is 1. The maximum Gasteiger partial charge on any atom is 0.161 e. The fourth-order valence-electron chi connectivity index (χ4n) is 0.452. The highest BCUT2D eigenvalue weighted by Gasteiger charge is 2.01. The molecule has 0 saturated heterocycles. The Balaban J connectivity index is 3.18. The van der Waals surface area contributed by atoms with Gasteiger partial charge in [0.2, 0.25) is 0 Å². The molecule has 44 valence electrons. The summed E-state index contributed by atoms with van der Waals surface area (Å²) in [4.78, 5) is 10.8. The summed E-state index contributed by atoms with van der Waals surface area (Å²) in [6, 6.07) is 0. The van der Waals surface area contributed by atoms with E-state index in [0.717, 1.165) is 6.29 Å². The molecule has 0 amide bonds. The van der Waals surface area contributed by atoms with Crippen LogP contribution in [-0.4, -0.2) is 14.1 Å². The number of hydrogen-bond donors (Lipinski definition) is 0. The van der Waals surface area contributed by atoms with E-state index in [0.29, 0.717) is 14.8 Å². The molecule has 0 fully saturated rings. The Morgan fingerprint density at radius 3 is 2.67 bits per heavy atom. The van der Waals surface area contributed by atoms with Gasteiger partial charge in [0, 0.05) is 4.47 Å². The molecule has 0 spiro atoms. The maximum absolute atomic E-state index is 10.2. The highest BCUT2D eigenvalue weighted by atomic mass is 79.9. The molecular weight excluding hydrogens is 199 g/mol. The van der Waals surface area contributed by atoms with Crippen molar-refractivity contribution in [3.05, 3.63) is 14.7 Å². The van der Waals surface area contributed by atoms with Crippen molar-refractivity contribution in [2.24, 2.45) is 0 Å². The van der Waals surface area contributed by atoms with Gasteiger partial charge in [-0.1, -0.05) is 5.46 Å². The van der Waals surface area contributed by atoms with E-state index in [4.69, 9.17) is 7.85 Å². The van der Waals surface area contributed by atoms with Crippen molar-refractivity contribution in [1.82, 2.24) is 0 Å². The largest absolute Gasteiger partial charge is 0.297 e. The van der Waals surface area contributed by atoms with Crippen molar-refractivity contribution in [2.75, 3.05) is 0 Å². The fraction of sp³-hybridized carbons (Fsp3) is 0. The minimum absolute atomic E-state index is 0.627. The Hall–Kier alpha value is -0.0851. The zero-order valence-electron chi connectivity index (χ0n) is 4.43. The molecule has 9 heavy (non-hydrogen) atoms. The molecule has 0 unspecified atom stereocenters. The lowest BCUT2D eigenvalue weighted by Crippen LogP contribution is -1.98. The van der Waals surface area contributed by atoms with Gasteiger partial charge in [0.1, 0.15) is 7.85 Å². The van der Waals surface area contributed by atoms with Gasteiger partial charge in [-0.25, -0.2) is 0 Å². The first-order valence-electron chi connectivity index (χ1n) is 2.23. The van der Waals surface area contributed by atoms with Crippen molar-refractivity contribution in [3.8, 4) is 0 Å². The molecule has 1 rings (SSSR count). The number of aldehydes is 1. The molecule has 0 N–H and O–H groups in total. The predicted octanol–water partition coefficient (Wildman–Crippen LogP) is 1.12. The number of halogens is 1. The average molecular weight is 201 g/mol. The standard InChI is InChI=1S/C5H2BBrOS/c6-3-2-9-4(1-8)5(3)7/h1-2H. The third-order valence-corrected chi connectivity index (χ3v) is 2.96. The van der Waals surface area contributed by atoms with E-state index in [9.17, 15) is 4.79 Å². The van der Waals surface area contributed by atoms with Crippen LogP contribution in [0.25, 0.3) is 0 Å². The summed E-state index contributed by atoms with van der Waals surface area (Å²) in [5, 5.41) is 1.73. The Morgan fingerprint density at radius 2 is 2.44 bits per heavy atom. The van der Waals surface area contributed by atoms with Crippen LogP contribution in [0.15, 0.2) is 9.85 Å². The number of carbonyl (C=O) groups is 1. The van der Waals surface area contributed by atoms with Crippen LogP contribution in [0, 0.1) is 0 Å². The van der Waals surface area contributed by atoms with Crippen LogP contribution >= 0.6 is 27.3 Å². The van der Waals surface area contributed by atoms with Crippen molar-refractivity contribution in [3.63, 3.8) is 0 Å². The lowest BCUT2D eigenvalue weighted by Gasteiger charge is -1.83.